The lowest BCUT2D eigenvalue weighted by Gasteiger charge is -2.10. The molecule has 2 aromatic carbocycles. The van der Waals surface area contributed by atoms with Crippen LogP contribution in [0.1, 0.15) is 10.4 Å². The van der Waals surface area contributed by atoms with Crippen LogP contribution >= 0.6 is 15.9 Å². The van der Waals surface area contributed by atoms with Crippen LogP contribution in [-0.4, -0.2) is 18.2 Å². The Labute approximate surface area is 122 Å². The van der Waals surface area contributed by atoms with E-state index in [0.29, 0.717) is 10.2 Å². The minimum Gasteiger partial charge on any atom is -0.497 e. The number of carboxylic acids is 1. The monoisotopic (exact) mass is 340 g/mol. The van der Waals surface area contributed by atoms with Crippen LogP contribution in [0.4, 0.5) is 4.39 Å². The molecule has 6 heteroatoms. The van der Waals surface area contributed by atoms with Crippen molar-refractivity contribution in [2.45, 2.75) is 0 Å². The third-order valence-corrected chi connectivity index (χ3v) is 3.18. The normalized spacial score (nSPS) is 10.2. The summed E-state index contributed by atoms with van der Waals surface area (Å²) in [6.45, 7) is 0. The fourth-order valence-electron chi connectivity index (χ4n) is 1.56. The summed E-state index contributed by atoms with van der Waals surface area (Å²) in [5.41, 5.74) is -0.0332. The summed E-state index contributed by atoms with van der Waals surface area (Å²) in [6, 6.07) is 8.48. The van der Waals surface area contributed by atoms with E-state index in [1.165, 1.54) is 37.4 Å². The molecule has 104 valence electrons. The molecule has 0 radical (unpaired) electrons. The first-order valence-electron chi connectivity index (χ1n) is 5.55. The minimum absolute atomic E-state index is 0.0332. The smallest absolute Gasteiger partial charge is 0.339 e. The Balaban J connectivity index is 2.40. The van der Waals surface area contributed by atoms with Gasteiger partial charge in [0.2, 0.25) is 0 Å². The minimum atomic E-state index is -1.14. The molecule has 0 saturated heterocycles. The van der Waals surface area contributed by atoms with E-state index in [0.717, 1.165) is 6.07 Å². The summed E-state index contributed by atoms with van der Waals surface area (Å²) in [7, 11) is 1.46. The largest absolute Gasteiger partial charge is 0.497 e. The summed E-state index contributed by atoms with van der Waals surface area (Å²) >= 11 is 3.03. The highest BCUT2D eigenvalue weighted by Gasteiger charge is 2.14. The molecule has 0 aliphatic heterocycles. The lowest BCUT2D eigenvalue weighted by atomic mass is 10.2. The van der Waals surface area contributed by atoms with Gasteiger partial charge in [0.25, 0.3) is 0 Å². The van der Waals surface area contributed by atoms with Crippen LogP contribution in [0.3, 0.4) is 0 Å². The molecule has 0 aromatic heterocycles. The number of ether oxygens (including phenoxy) is 2. The molecule has 0 spiro atoms. The van der Waals surface area contributed by atoms with Gasteiger partial charge in [0.15, 0.2) is 0 Å². The molecule has 0 atom stereocenters. The van der Waals surface area contributed by atoms with Crippen molar-refractivity contribution in [3.8, 4) is 17.2 Å². The summed E-state index contributed by atoms with van der Waals surface area (Å²) in [4.78, 5) is 11.1. The van der Waals surface area contributed by atoms with Crippen molar-refractivity contribution in [2.24, 2.45) is 0 Å². The number of hydrogen-bond donors (Lipinski definition) is 1. The van der Waals surface area contributed by atoms with Gasteiger partial charge in [-0.15, -0.1) is 0 Å². The third kappa shape index (κ3) is 3.08. The molecule has 1 N–H and O–H groups in total. The Morgan fingerprint density at radius 2 is 1.90 bits per heavy atom. The molecule has 0 heterocycles. The van der Waals surface area contributed by atoms with Crippen LogP contribution < -0.4 is 9.47 Å². The highest BCUT2D eigenvalue weighted by Crippen LogP contribution is 2.31. The Hall–Kier alpha value is -2.08. The average Bonchev–Trinajstić information content (AvgIpc) is 2.42. The molecule has 0 aliphatic rings. The van der Waals surface area contributed by atoms with Crippen molar-refractivity contribution >= 4 is 21.9 Å². The molecule has 0 aliphatic carbocycles. The maximum absolute atomic E-state index is 13.4. The van der Waals surface area contributed by atoms with Crippen LogP contribution in [0.15, 0.2) is 40.9 Å². The lowest BCUT2D eigenvalue weighted by molar-refractivity contribution is 0.0694. The second-order valence-electron chi connectivity index (χ2n) is 3.85. The number of hydrogen-bond acceptors (Lipinski definition) is 3. The van der Waals surface area contributed by atoms with Gasteiger partial charge in [-0.3, -0.25) is 0 Å². The Morgan fingerprint density at radius 1 is 1.20 bits per heavy atom. The number of carbonyl (C=O) groups is 1. The van der Waals surface area contributed by atoms with Crippen LogP contribution in [-0.2, 0) is 0 Å². The van der Waals surface area contributed by atoms with Gasteiger partial charge in [-0.1, -0.05) is 0 Å². The Kier molecular flexibility index (Phi) is 4.24. The number of aromatic carboxylic acids is 1. The van der Waals surface area contributed by atoms with E-state index in [4.69, 9.17) is 14.6 Å². The topological polar surface area (TPSA) is 55.8 Å². The van der Waals surface area contributed by atoms with E-state index < -0.39 is 11.8 Å². The van der Waals surface area contributed by atoms with Gasteiger partial charge in [0.1, 0.15) is 28.6 Å². The van der Waals surface area contributed by atoms with Crippen molar-refractivity contribution in [1.29, 1.82) is 0 Å². The van der Waals surface area contributed by atoms with Crippen molar-refractivity contribution in [2.75, 3.05) is 7.11 Å². The Morgan fingerprint density at radius 3 is 2.50 bits per heavy atom. The molecule has 4 nitrogen and oxygen atoms in total. The fourth-order valence-corrected chi connectivity index (χ4v) is 1.80. The van der Waals surface area contributed by atoms with E-state index in [1.807, 2.05) is 0 Å². The maximum atomic E-state index is 13.4. The maximum Gasteiger partial charge on any atom is 0.339 e. The van der Waals surface area contributed by atoms with Gasteiger partial charge in [0, 0.05) is 12.1 Å². The van der Waals surface area contributed by atoms with Gasteiger partial charge >= 0.3 is 5.97 Å². The van der Waals surface area contributed by atoms with E-state index in [1.54, 1.807) is 0 Å². The average molecular weight is 341 g/mol. The first kappa shape index (κ1) is 14.3. The van der Waals surface area contributed by atoms with E-state index in [9.17, 15) is 9.18 Å². The molecule has 2 aromatic rings. The zero-order valence-corrected chi connectivity index (χ0v) is 12.0. The van der Waals surface area contributed by atoms with Crippen molar-refractivity contribution in [3.63, 3.8) is 0 Å². The number of halogens is 2. The predicted octanol–water partition coefficient (Wildman–Crippen LogP) is 4.09. The fraction of sp³-hybridized carbons (Fsp3) is 0.0714. The summed E-state index contributed by atoms with van der Waals surface area (Å²) < 4.78 is 24.2. The molecular formula is C14H10BrFO4. The molecule has 0 unspecified atom stereocenters. The van der Waals surface area contributed by atoms with Crippen molar-refractivity contribution < 1.29 is 23.8 Å². The first-order chi connectivity index (χ1) is 9.51. The van der Waals surface area contributed by atoms with Crippen LogP contribution in [0.5, 0.6) is 17.2 Å². The van der Waals surface area contributed by atoms with Gasteiger partial charge in [-0.25, -0.2) is 9.18 Å². The van der Waals surface area contributed by atoms with E-state index in [2.05, 4.69) is 15.9 Å². The number of carboxylic acid groups (broad SMARTS) is 1. The zero-order valence-electron chi connectivity index (χ0n) is 10.4. The summed E-state index contributed by atoms with van der Waals surface area (Å²) in [5.74, 6) is -0.912. The van der Waals surface area contributed by atoms with Gasteiger partial charge in [0.05, 0.1) is 11.6 Å². The lowest BCUT2D eigenvalue weighted by Crippen LogP contribution is -2.00. The summed E-state index contributed by atoms with van der Waals surface area (Å²) in [5, 5.41) is 9.10. The number of methoxy groups -OCH3 is 1. The van der Waals surface area contributed by atoms with E-state index >= 15 is 0 Å². The second-order valence-corrected chi connectivity index (χ2v) is 4.70. The van der Waals surface area contributed by atoms with Crippen LogP contribution in [0, 0.1) is 5.82 Å². The standard InChI is InChI=1S/C14H10BrFO4/c1-19-8-2-4-10(14(17)18)13(7-8)20-9-3-5-11(15)12(16)6-9/h2-7H,1H3,(H,17,18). The molecule has 0 saturated carbocycles. The summed E-state index contributed by atoms with van der Waals surface area (Å²) in [6.07, 6.45) is 0. The molecule has 2 rings (SSSR count). The van der Waals surface area contributed by atoms with Crippen molar-refractivity contribution in [3.05, 3.63) is 52.3 Å². The Bertz CT molecular complexity index is 658. The SMILES string of the molecule is COc1ccc(C(=O)O)c(Oc2ccc(Br)c(F)c2)c1. The van der Waals surface area contributed by atoms with Gasteiger partial charge in [-0.2, -0.15) is 0 Å². The highest BCUT2D eigenvalue weighted by atomic mass is 79.9. The number of rotatable bonds is 4. The van der Waals surface area contributed by atoms with Crippen molar-refractivity contribution in [1.82, 2.24) is 0 Å². The second kappa shape index (κ2) is 5.92. The molecule has 0 bridgehead atoms. The molecule has 0 amide bonds. The number of benzene rings is 2. The molecule has 20 heavy (non-hydrogen) atoms. The molecular weight excluding hydrogens is 331 g/mol. The van der Waals surface area contributed by atoms with Gasteiger partial charge < -0.3 is 14.6 Å². The van der Waals surface area contributed by atoms with Crippen LogP contribution in [0.2, 0.25) is 0 Å². The highest BCUT2D eigenvalue weighted by molar-refractivity contribution is 9.10. The first-order valence-corrected chi connectivity index (χ1v) is 6.35. The zero-order chi connectivity index (χ0) is 14.7. The molecule has 0 fully saturated rings. The van der Waals surface area contributed by atoms with Gasteiger partial charge in [-0.05, 0) is 40.2 Å². The van der Waals surface area contributed by atoms with Crippen LogP contribution in [0.25, 0.3) is 0 Å². The quantitative estimate of drug-likeness (QED) is 0.910. The van der Waals surface area contributed by atoms with E-state index in [-0.39, 0.29) is 17.1 Å². The predicted molar refractivity (Wildman–Crippen MR) is 74.1 cm³/mol. The third-order valence-electron chi connectivity index (χ3n) is 2.54.